The minimum atomic E-state index is 0.103. The van der Waals surface area contributed by atoms with Crippen LogP contribution in [-0.4, -0.2) is 90.0 Å². The molecule has 0 unspecified atom stereocenters. The first-order valence-electron chi connectivity index (χ1n) is 13.1. The highest BCUT2D eigenvalue weighted by Gasteiger charge is 2.21. The predicted molar refractivity (Wildman–Crippen MR) is 144 cm³/mol. The van der Waals surface area contributed by atoms with Gasteiger partial charge < -0.3 is 24.5 Å². The van der Waals surface area contributed by atoms with Crippen LogP contribution in [0.5, 0.6) is 5.75 Å². The summed E-state index contributed by atoms with van der Waals surface area (Å²) >= 11 is 0. The van der Waals surface area contributed by atoms with Gasteiger partial charge in [-0.15, -0.1) is 0 Å². The van der Waals surface area contributed by atoms with Gasteiger partial charge in [-0.3, -0.25) is 9.69 Å². The number of rotatable bonds is 6. The molecule has 0 aliphatic carbocycles. The van der Waals surface area contributed by atoms with Crippen LogP contribution in [0.1, 0.15) is 29.6 Å². The van der Waals surface area contributed by atoms with Crippen molar-refractivity contribution in [2.75, 3.05) is 59.5 Å². The Balaban J connectivity index is 1.17. The average molecular weight is 485 g/mol. The molecule has 7 heteroatoms. The van der Waals surface area contributed by atoms with Crippen LogP contribution in [0.2, 0.25) is 0 Å². The normalized spacial score (nSPS) is 17.8. The quantitative estimate of drug-likeness (QED) is 0.427. The maximum absolute atomic E-state index is 13.0. The Morgan fingerprint density at radius 1 is 0.972 bits per heavy atom. The van der Waals surface area contributed by atoms with E-state index in [1.165, 1.54) is 32.4 Å². The fraction of sp³-hybridized carbons (Fsp3) is 0.414. The summed E-state index contributed by atoms with van der Waals surface area (Å²) in [6, 6.07) is 15.6. The number of carbonyl (C=O) groups is 1. The van der Waals surface area contributed by atoms with E-state index in [4.69, 9.17) is 4.74 Å². The molecule has 0 atom stereocenters. The summed E-state index contributed by atoms with van der Waals surface area (Å²) in [6.07, 6.45) is 5.95. The highest BCUT2D eigenvalue weighted by atomic mass is 16.5. The van der Waals surface area contributed by atoms with Gasteiger partial charge in [0, 0.05) is 77.9 Å². The number of hydrogen-bond donors (Lipinski definition) is 2. The van der Waals surface area contributed by atoms with Gasteiger partial charge >= 0.3 is 0 Å². The summed E-state index contributed by atoms with van der Waals surface area (Å²) in [7, 11) is 2.10. The molecule has 0 bridgehead atoms. The number of piperazine rings is 1. The van der Waals surface area contributed by atoms with E-state index in [1.54, 1.807) is 0 Å². The van der Waals surface area contributed by atoms with Crippen molar-refractivity contribution in [3.8, 4) is 17.0 Å². The molecule has 7 nitrogen and oxygen atoms in total. The number of benzene rings is 2. The second-order valence-corrected chi connectivity index (χ2v) is 10.1. The van der Waals surface area contributed by atoms with Gasteiger partial charge in [-0.2, -0.15) is 0 Å². The van der Waals surface area contributed by atoms with E-state index in [2.05, 4.69) is 45.0 Å². The van der Waals surface area contributed by atoms with E-state index >= 15 is 0 Å². The van der Waals surface area contributed by atoms with Crippen molar-refractivity contribution in [2.45, 2.75) is 19.3 Å². The largest absolute Gasteiger partial charge is 0.492 e. The van der Waals surface area contributed by atoms with Crippen LogP contribution in [0.3, 0.4) is 0 Å². The minimum Gasteiger partial charge on any atom is -0.492 e. The highest BCUT2D eigenvalue weighted by molar-refractivity contribution is 6.02. The van der Waals surface area contributed by atoms with Gasteiger partial charge in [-0.25, -0.2) is 0 Å². The number of ether oxygens (including phenoxy) is 1. The lowest BCUT2D eigenvalue weighted by molar-refractivity contribution is 0.0664. The van der Waals surface area contributed by atoms with Gasteiger partial charge in [-0.05, 0) is 63.3 Å². The zero-order valence-electron chi connectivity index (χ0n) is 21.0. The van der Waals surface area contributed by atoms with Crippen molar-refractivity contribution in [3.05, 3.63) is 54.2 Å². The Bertz CT molecular complexity index is 1360. The summed E-state index contributed by atoms with van der Waals surface area (Å²) in [5.41, 5.74) is 4.70. The van der Waals surface area contributed by atoms with Crippen LogP contribution in [0.25, 0.3) is 33.1 Å². The van der Waals surface area contributed by atoms with E-state index in [0.29, 0.717) is 6.61 Å². The molecule has 2 saturated heterocycles. The fourth-order valence-corrected chi connectivity index (χ4v) is 5.39. The number of carbonyl (C=O) groups excluding carboxylic acids is 1. The maximum atomic E-state index is 13.0. The van der Waals surface area contributed by atoms with Crippen molar-refractivity contribution in [1.29, 1.82) is 0 Å². The number of amides is 1. The minimum absolute atomic E-state index is 0.103. The number of aromatic amines is 2. The smallest absolute Gasteiger partial charge is 0.254 e. The summed E-state index contributed by atoms with van der Waals surface area (Å²) in [6.45, 7) is 7.45. The van der Waals surface area contributed by atoms with Crippen molar-refractivity contribution in [1.82, 2.24) is 24.7 Å². The number of piperidine rings is 1. The number of likely N-dealkylation sites (tertiary alicyclic amines) is 1. The van der Waals surface area contributed by atoms with Gasteiger partial charge in [0.2, 0.25) is 0 Å². The molecule has 187 valence electrons. The van der Waals surface area contributed by atoms with Crippen LogP contribution < -0.4 is 4.74 Å². The zero-order valence-corrected chi connectivity index (χ0v) is 21.0. The summed E-state index contributed by atoms with van der Waals surface area (Å²) in [5.74, 6) is 0.985. The molecular weight excluding hydrogens is 450 g/mol. The van der Waals surface area contributed by atoms with E-state index in [9.17, 15) is 4.79 Å². The molecule has 2 aromatic heterocycles. The lowest BCUT2D eigenvalue weighted by Crippen LogP contribution is -2.47. The lowest BCUT2D eigenvalue weighted by atomic mass is 10.1. The fourth-order valence-electron chi connectivity index (χ4n) is 5.39. The van der Waals surface area contributed by atoms with Gasteiger partial charge in [-0.1, -0.05) is 12.5 Å². The molecule has 2 aromatic carbocycles. The summed E-state index contributed by atoms with van der Waals surface area (Å²) < 4.78 is 6.06. The third-order valence-corrected chi connectivity index (χ3v) is 7.62. The van der Waals surface area contributed by atoms with Crippen molar-refractivity contribution >= 4 is 27.7 Å². The topological polar surface area (TPSA) is 67.6 Å². The molecule has 2 aliphatic rings. The third-order valence-electron chi connectivity index (χ3n) is 7.62. The molecule has 1 radical (unpaired) electrons. The first-order valence-corrected chi connectivity index (χ1v) is 13.1. The molecule has 1 amide bonds. The Hall–Kier alpha value is -3.29. The van der Waals surface area contributed by atoms with Gasteiger partial charge in [0.05, 0.1) is 5.69 Å². The third kappa shape index (κ3) is 4.73. The molecule has 6 rings (SSSR count). The number of H-pyrrole nitrogens is 2. The highest BCUT2D eigenvalue weighted by Crippen LogP contribution is 2.32. The Kier molecular flexibility index (Phi) is 6.42. The SMILES string of the molecule is CN1CCN(C(=O)c2ccc3c(-c4[c]c5cc(OCCN6CCCCC6)ccc5[nH]4)c[nH]c3c2)CC1. The van der Waals surface area contributed by atoms with Crippen LogP contribution in [0, 0.1) is 6.07 Å². The Morgan fingerprint density at radius 2 is 1.81 bits per heavy atom. The van der Waals surface area contributed by atoms with Crippen molar-refractivity contribution < 1.29 is 9.53 Å². The number of hydrogen-bond acceptors (Lipinski definition) is 4. The van der Waals surface area contributed by atoms with Crippen molar-refractivity contribution in [3.63, 3.8) is 0 Å². The molecule has 4 heterocycles. The molecular formula is C29H34N5O2. The first-order chi connectivity index (χ1) is 17.6. The van der Waals surface area contributed by atoms with E-state index < -0.39 is 0 Å². The van der Waals surface area contributed by atoms with E-state index in [0.717, 1.165) is 77.1 Å². The number of likely N-dealkylation sites (N-methyl/N-ethyl adjacent to an activating group) is 1. The van der Waals surface area contributed by atoms with Gasteiger partial charge in [0.1, 0.15) is 12.4 Å². The van der Waals surface area contributed by atoms with Crippen LogP contribution >= 0.6 is 0 Å². The molecule has 0 saturated carbocycles. The molecule has 36 heavy (non-hydrogen) atoms. The molecule has 4 aromatic rings. The molecule has 0 spiro atoms. The predicted octanol–water partition coefficient (Wildman–Crippen LogP) is 4.37. The van der Waals surface area contributed by atoms with Crippen molar-refractivity contribution in [2.24, 2.45) is 0 Å². The van der Waals surface area contributed by atoms with Crippen LogP contribution in [-0.2, 0) is 0 Å². The lowest BCUT2D eigenvalue weighted by Gasteiger charge is -2.32. The maximum Gasteiger partial charge on any atom is 0.254 e. The second kappa shape index (κ2) is 9.99. The molecule has 2 fully saturated rings. The Morgan fingerprint density at radius 3 is 2.64 bits per heavy atom. The van der Waals surface area contributed by atoms with Gasteiger partial charge in [0.15, 0.2) is 0 Å². The number of fused-ring (bicyclic) bond motifs is 2. The number of aromatic nitrogens is 2. The number of nitrogens with one attached hydrogen (secondary N) is 2. The molecule has 2 aliphatic heterocycles. The van der Waals surface area contributed by atoms with Crippen LogP contribution in [0.15, 0.2) is 42.6 Å². The van der Waals surface area contributed by atoms with E-state index in [1.807, 2.05) is 35.4 Å². The summed E-state index contributed by atoms with van der Waals surface area (Å²) in [5, 5.41) is 2.09. The first kappa shape index (κ1) is 23.1. The van der Waals surface area contributed by atoms with Gasteiger partial charge in [0.25, 0.3) is 5.91 Å². The Labute approximate surface area is 212 Å². The zero-order chi connectivity index (χ0) is 24.5. The van der Waals surface area contributed by atoms with E-state index in [-0.39, 0.29) is 5.91 Å². The number of nitrogens with zero attached hydrogens (tertiary/aromatic N) is 3. The molecule has 2 N–H and O–H groups in total. The average Bonchev–Trinajstić information content (AvgIpc) is 3.52. The monoisotopic (exact) mass is 484 g/mol. The standard InChI is InChI=1S/C29H34N5O2/c1-32-11-13-34(14-12-32)29(35)21-5-7-24-25(20-30-27(24)18-21)28-19-22-17-23(6-8-26(22)31-28)36-16-15-33-9-3-2-4-10-33/h5-8,17-18,20,30-31H,2-4,9-16H2,1H3. The van der Waals surface area contributed by atoms with Crippen LogP contribution in [0.4, 0.5) is 0 Å². The summed E-state index contributed by atoms with van der Waals surface area (Å²) in [4.78, 5) is 26.6. The second-order valence-electron chi connectivity index (χ2n) is 10.1.